The molecule has 1 atom stereocenters. The molecule has 104 valence electrons. The fourth-order valence-electron chi connectivity index (χ4n) is 5.77. The highest BCUT2D eigenvalue weighted by Gasteiger charge is 2.53. The van der Waals surface area contributed by atoms with E-state index in [0.29, 0.717) is 11.5 Å². The van der Waals surface area contributed by atoms with Gasteiger partial charge in [0.05, 0.1) is 0 Å². The van der Waals surface area contributed by atoms with E-state index in [4.69, 9.17) is 5.84 Å². The van der Waals surface area contributed by atoms with Gasteiger partial charge in [-0.2, -0.15) is 0 Å². The second kappa shape index (κ2) is 5.13. The van der Waals surface area contributed by atoms with Crippen LogP contribution in [0.15, 0.2) is 0 Å². The minimum absolute atomic E-state index is 0.581. The van der Waals surface area contributed by atoms with Crippen LogP contribution in [0.3, 0.4) is 0 Å². The molecule has 0 aromatic carbocycles. The highest BCUT2D eigenvalue weighted by atomic mass is 15.2. The Morgan fingerprint density at radius 2 is 1.61 bits per heavy atom. The largest absolute Gasteiger partial charge is 0.271 e. The van der Waals surface area contributed by atoms with E-state index in [9.17, 15) is 0 Å². The molecule has 2 heteroatoms. The Morgan fingerprint density at radius 1 is 1.06 bits per heavy atom. The van der Waals surface area contributed by atoms with E-state index >= 15 is 0 Å². The van der Waals surface area contributed by atoms with Crippen LogP contribution in [-0.2, 0) is 0 Å². The van der Waals surface area contributed by atoms with E-state index in [1.807, 2.05) is 0 Å². The summed E-state index contributed by atoms with van der Waals surface area (Å²) in [5.74, 6) is 9.05. The summed E-state index contributed by atoms with van der Waals surface area (Å²) < 4.78 is 0. The van der Waals surface area contributed by atoms with Crippen LogP contribution in [-0.4, -0.2) is 6.04 Å². The maximum absolute atomic E-state index is 5.93. The fraction of sp³-hybridized carbons (Fsp3) is 1.00. The van der Waals surface area contributed by atoms with Crippen LogP contribution in [0.1, 0.15) is 71.1 Å². The molecule has 0 spiro atoms. The highest BCUT2D eigenvalue weighted by Crippen LogP contribution is 2.61. The highest BCUT2D eigenvalue weighted by molar-refractivity contribution is 5.05. The second-order valence-electron chi connectivity index (χ2n) is 7.49. The number of hydrogen-bond acceptors (Lipinski definition) is 2. The van der Waals surface area contributed by atoms with E-state index in [1.54, 1.807) is 0 Å². The van der Waals surface area contributed by atoms with E-state index < -0.39 is 0 Å². The second-order valence-corrected chi connectivity index (χ2v) is 7.49. The molecule has 4 fully saturated rings. The molecule has 18 heavy (non-hydrogen) atoms. The average Bonchev–Trinajstić information content (AvgIpc) is 2.32. The van der Waals surface area contributed by atoms with Gasteiger partial charge in [-0.25, -0.2) is 0 Å². The third-order valence-corrected chi connectivity index (χ3v) is 6.12. The molecule has 4 bridgehead atoms. The zero-order chi connectivity index (χ0) is 12.6. The SMILES string of the molecule is CCCCCC(NN)C12CC3CC(CC(C3)C1)C2. The van der Waals surface area contributed by atoms with E-state index in [2.05, 4.69) is 12.3 Å². The molecule has 4 aliphatic rings. The zero-order valence-corrected chi connectivity index (χ0v) is 12.0. The average molecular weight is 250 g/mol. The maximum Gasteiger partial charge on any atom is 0.0267 e. The molecule has 1 unspecified atom stereocenters. The fourth-order valence-corrected chi connectivity index (χ4v) is 5.77. The first kappa shape index (κ1) is 12.9. The lowest BCUT2D eigenvalue weighted by molar-refractivity contribution is -0.0756. The van der Waals surface area contributed by atoms with Gasteiger partial charge in [0.2, 0.25) is 0 Å². The molecule has 4 rings (SSSR count). The first-order chi connectivity index (χ1) is 8.75. The van der Waals surface area contributed by atoms with Crippen molar-refractivity contribution in [3.63, 3.8) is 0 Å². The Labute approximate surface area is 112 Å². The van der Waals surface area contributed by atoms with Gasteiger partial charge in [-0.3, -0.25) is 11.3 Å². The molecule has 0 heterocycles. The van der Waals surface area contributed by atoms with Gasteiger partial charge in [0, 0.05) is 6.04 Å². The van der Waals surface area contributed by atoms with E-state index in [0.717, 1.165) is 17.8 Å². The van der Waals surface area contributed by atoms with Crippen molar-refractivity contribution in [2.24, 2.45) is 29.0 Å². The summed E-state index contributed by atoms with van der Waals surface area (Å²) in [4.78, 5) is 0. The molecule has 4 saturated carbocycles. The summed E-state index contributed by atoms with van der Waals surface area (Å²) in [6.07, 6.45) is 14.4. The Kier molecular flexibility index (Phi) is 3.68. The minimum Gasteiger partial charge on any atom is -0.271 e. The van der Waals surface area contributed by atoms with Crippen LogP contribution >= 0.6 is 0 Å². The van der Waals surface area contributed by atoms with Crippen molar-refractivity contribution in [2.45, 2.75) is 77.2 Å². The van der Waals surface area contributed by atoms with Gasteiger partial charge >= 0.3 is 0 Å². The van der Waals surface area contributed by atoms with Crippen molar-refractivity contribution in [3.8, 4) is 0 Å². The Hall–Kier alpha value is -0.0800. The van der Waals surface area contributed by atoms with Crippen LogP contribution < -0.4 is 11.3 Å². The molecule has 4 aliphatic carbocycles. The van der Waals surface area contributed by atoms with Crippen molar-refractivity contribution in [2.75, 3.05) is 0 Å². The third kappa shape index (κ3) is 2.22. The van der Waals surface area contributed by atoms with Crippen molar-refractivity contribution < 1.29 is 0 Å². The predicted octanol–water partition coefficient (Wildman–Crippen LogP) is 3.62. The summed E-state index contributed by atoms with van der Waals surface area (Å²) in [7, 11) is 0. The van der Waals surface area contributed by atoms with Gasteiger partial charge in [-0.1, -0.05) is 26.2 Å². The number of rotatable bonds is 6. The van der Waals surface area contributed by atoms with Gasteiger partial charge in [0.15, 0.2) is 0 Å². The van der Waals surface area contributed by atoms with Crippen molar-refractivity contribution in [1.29, 1.82) is 0 Å². The Morgan fingerprint density at radius 3 is 2.06 bits per heavy atom. The van der Waals surface area contributed by atoms with Crippen LogP contribution in [0.4, 0.5) is 0 Å². The van der Waals surface area contributed by atoms with Crippen molar-refractivity contribution in [1.82, 2.24) is 5.43 Å². The van der Waals surface area contributed by atoms with Crippen LogP contribution in [0, 0.1) is 23.2 Å². The van der Waals surface area contributed by atoms with E-state index in [-0.39, 0.29) is 0 Å². The summed E-state index contributed by atoms with van der Waals surface area (Å²) in [6.45, 7) is 2.29. The summed E-state index contributed by atoms with van der Waals surface area (Å²) in [6, 6.07) is 0.595. The lowest BCUT2D eigenvalue weighted by Crippen LogP contribution is -2.57. The number of unbranched alkanes of at least 4 members (excludes halogenated alkanes) is 2. The molecule has 0 saturated heterocycles. The first-order valence-corrected chi connectivity index (χ1v) is 8.22. The molecule has 0 aliphatic heterocycles. The van der Waals surface area contributed by atoms with Crippen LogP contribution in [0.25, 0.3) is 0 Å². The topological polar surface area (TPSA) is 38.0 Å². The predicted molar refractivity (Wildman–Crippen MR) is 75.9 cm³/mol. The number of nitrogens with one attached hydrogen (secondary N) is 1. The van der Waals surface area contributed by atoms with Gasteiger partial charge in [0.25, 0.3) is 0 Å². The van der Waals surface area contributed by atoms with Crippen molar-refractivity contribution >= 4 is 0 Å². The molecule has 0 amide bonds. The Balaban J connectivity index is 1.68. The van der Waals surface area contributed by atoms with Crippen LogP contribution in [0.5, 0.6) is 0 Å². The number of hydrazine groups is 1. The van der Waals surface area contributed by atoms with Gasteiger partial charge < -0.3 is 0 Å². The minimum atomic E-state index is 0.581. The summed E-state index contributed by atoms with van der Waals surface area (Å²) >= 11 is 0. The molecule has 0 radical (unpaired) electrons. The van der Waals surface area contributed by atoms with E-state index in [1.165, 1.54) is 64.2 Å². The molecule has 0 aromatic rings. The number of nitrogens with two attached hydrogens (primary N) is 1. The van der Waals surface area contributed by atoms with Gasteiger partial charge in [-0.05, 0) is 68.1 Å². The molecule has 2 nitrogen and oxygen atoms in total. The maximum atomic E-state index is 5.93. The lowest BCUT2D eigenvalue weighted by atomic mass is 9.47. The smallest absolute Gasteiger partial charge is 0.0267 e. The standard InChI is InChI=1S/C16H30N2/c1-2-3-4-5-15(18-17)16-9-12-6-13(10-16)8-14(7-12)11-16/h12-15,18H,2-11,17H2,1H3. The summed E-state index contributed by atoms with van der Waals surface area (Å²) in [5, 5.41) is 0. The first-order valence-electron chi connectivity index (χ1n) is 8.22. The molecular formula is C16H30N2. The molecular weight excluding hydrogens is 220 g/mol. The third-order valence-electron chi connectivity index (χ3n) is 6.12. The van der Waals surface area contributed by atoms with Gasteiger partial charge in [-0.15, -0.1) is 0 Å². The molecule has 0 aromatic heterocycles. The normalized spacial score (nSPS) is 43.3. The number of hydrogen-bond donors (Lipinski definition) is 2. The Bertz CT molecular complexity index is 252. The van der Waals surface area contributed by atoms with Crippen LogP contribution in [0.2, 0.25) is 0 Å². The monoisotopic (exact) mass is 250 g/mol. The lowest BCUT2D eigenvalue weighted by Gasteiger charge is -2.59. The summed E-state index contributed by atoms with van der Waals surface area (Å²) in [5.41, 5.74) is 3.80. The van der Waals surface area contributed by atoms with Gasteiger partial charge in [0.1, 0.15) is 0 Å². The zero-order valence-electron chi connectivity index (χ0n) is 12.0. The van der Waals surface area contributed by atoms with Crippen molar-refractivity contribution in [3.05, 3.63) is 0 Å². The quantitative estimate of drug-likeness (QED) is 0.429. The molecule has 3 N–H and O–H groups in total.